The Bertz CT molecular complexity index is 887. The number of nitrogens with one attached hydrogen (secondary N) is 1. The third kappa shape index (κ3) is 5.09. The van der Waals surface area contributed by atoms with Crippen LogP contribution in [-0.4, -0.2) is 61.0 Å². The number of benzene rings is 2. The molecule has 0 bridgehead atoms. The number of anilines is 2. The summed E-state index contributed by atoms with van der Waals surface area (Å²) in [4.78, 5) is 4.71. The number of halogens is 1. The zero-order valence-corrected chi connectivity index (χ0v) is 18.3. The second-order valence-electron chi connectivity index (χ2n) is 8.27. The Morgan fingerprint density at radius 2 is 1.97 bits per heavy atom. The first kappa shape index (κ1) is 21.0. The molecular formula is C24H30ClN3O2. The molecule has 3 atom stereocenters. The van der Waals surface area contributed by atoms with E-state index < -0.39 is 6.10 Å². The van der Waals surface area contributed by atoms with Crippen LogP contribution in [0.25, 0.3) is 6.08 Å². The largest absolute Gasteiger partial charge is 0.491 e. The van der Waals surface area contributed by atoms with Crippen LogP contribution in [0.3, 0.4) is 0 Å². The zero-order chi connectivity index (χ0) is 21.1. The summed E-state index contributed by atoms with van der Waals surface area (Å²) in [6.45, 7) is 8.00. The number of aliphatic hydroxyl groups excluding tert-OH is 1. The van der Waals surface area contributed by atoms with Crippen LogP contribution in [0.15, 0.2) is 48.5 Å². The van der Waals surface area contributed by atoms with Gasteiger partial charge in [0.2, 0.25) is 0 Å². The summed E-state index contributed by atoms with van der Waals surface area (Å²) in [7, 11) is 0. The predicted molar refractivity (Wildman–Crippen MR) is 125 cm³/mol. The lowest BCUT2D eigenvalue weighted by Gasteiger charge is -2.41. The third-order valence-electron chi connectivity index (χ3n) is 5.82. The van der Waals surface area contributed by atoms with Gasteiger partial charge in [0, 0.05) is 60.2 Å². The van der Waals surface area contributed by atoms with E-state index in [1.807, 2.05) is 30.3 Å². The molecule has 4 rings (SSSR count). The topological polar surface area (TPSA) is 48.0 Å². The minimum Gasteiger partial charge on any atom is -0.491 e. The molecule has 1 unspecified atom stereocenters. The summed E-state index contributed by atoms with van der Waals surface area (Å²) in [5.74, 6) is 0.786. The number of piperazine rings is 1. The van der Waals surface area contributed by atoms with Crippen LogP contribution < -0.4 is 15.0 Å². The van der Waals surface area contributed by atoms with E-state index in [-0.39, 0.29) is 6.61 Å². The van der Waals surface area contributed by atoms with Crippen molar-refractivity contribution in [1.82, 2.24) is 4.90 Å². The number of ether oxygens (including phenoxy) is 1. The molecule has 2 aliphatic heterocycles. The molecule has 1 saturated heterocycles. The van der Waals surface area contributed by atoms with Crippen LogP contribution in [0.5, 0.6) is 5.75 Å². The van der Waals surface area contributed by atoms with E-state index in [1.54, 1.807) is 0 Å². The molecular weight excluding hydrogens is 398 g/mol. The summed E-state index contributed by atoms with van der Waals surface area (Å²) in [5, 5.41) is 14.7. The Morgan fingerprint density at radius 3 is 2.73 bits per heavy atom. The monoisotopic (exact) mass is 427 g/mol. The summed E-state index contributed by atoms with van der Waals surface area (Å²) in [6, 6.07) is 14.7. The first-order valence-corrected chi connectivity index (χ1v) is 11.0. The van der Waals surface area contributed by atoms with Crippen molar-refractivity contribution < 1.29 is 9.84 Å². The fourth-order valence-electron chi connectivity index (χ4n) is 4.11. The van der Waals surface area contributed by atoms with Crippen molar-refractivity contribution in [2.24, 2.45) is 0 Å². The minimum atomic E-state index is -0.528. The molecule has 0 aliphatic carbocycles. The van der Waals surface area contributed by atoms with Gasteiger partial charge in [-0.05, 0) is 56.3 Å². The van der Waals surface area contributed by atoms with E-state index in [0.29, 0.717) is 18.6 Å². The van der Waals surface area contributed by atoms with Crippen molar-refractivity contribution >= 4 is 29.1 Å². The van der Waals surface area contributed by atoms with Gasteiger partial charge in [0.1, 0.15) is 18.5 Å². The summed E-state index contributed by atoms with van der Waals surface area (Å²) < 4.78 is 5.88. The first-order valence-electron chi connectivity index (χ1n) is 10.6. The molecule has 30 heavy (non-hydrogen) atoms. The van der Waals surface area contributed by atoms with Crippen molar-refractivity contribution in [1.29, 1.82) is 0 Å². The lowest BCUT2D eigenvalue weighted by atomic mass is 10.1. The van der Waals surface area contributed by atoms with Crippen LogP contribution in [0.2, 0.25) is 5.02 Å². The lowest BCUT2D eigenvalue weighted by molar-refractivity contribution is 0.0512. The second-order valence-corrected chi connectivity index (χ2v) is 8.71. The summed E-state index contributed by atoms with van der Waals surface area (Å²) >= 11 is 6.00. The molecule has 5 nitrogen and oxygen atoms in total. The van der Waals surface area contributed by atoms with Crippen LogP contribution in [0.1, 0.15) is 19.4 Å². The molecule has 2 heterocycles. The molecule has 2 aliphatic rings. The van der Waals surface area contributed by atoms with E-state index in [9.17, 15) is 5.11 Å². The summed E-state index contributed by atoms with van der Waals surface area (Å²) in [6.07, 6.45) is 3.72. The molecule has 0 aromatic heterocycles. The molecule has 0 saturated carbocycles. The van der Waals surface area contributed by atoms with Gasteiger partial charge < -0.3 is 20.1 Å². The van der Waals surface area contributed by atoms with Crippen LogP contribution in [0.4, 0.5) is 11.4 Å². The predicted octanol–water partition coefficient (Wildman–Crippen LogP) is 4.12. The standard InChI is InChI=1S/C24H30ClN3O2/c1-17-3-4-19-13-23(9-10-24(19)26-17)30-16-22(29)15-27-11-12-28(14-18(27)2)21-7-5-20(25)6-8-21/h3-10,13,17-18,22,26,29H,11-12,14-16H2,1-2H3/t17?,18-,22-/m0/s1. The first-order chi connectivity index (χ1) is 14.5. The second kappa shape index (κ2) is 9.29. The van der Waals surface area contributed by atoms with Crippen LogP contribution in [0, 0.1) is 0 Å². The lowest BCUT2D eigenvalue weighted by Crippen LogP contribution is -2.54. The van der Waals surface area contributed by atoms with Gasteiger partial charge in [-0.25, -0.2) is 0 Å². The Balaban J connectivity index is 1.26. The van der Waals surface area contributed by atoms with E-state index in [4.69, 9.17) is 16.3 Å². The van der Waals surface area contributed by atoms with Gasteiger partial charge in [-0.3, -0.25) is 4.90 Å². The van der Waals surface area contributed by atoms with Gasteiger partial charge in [0.05, 0.1) is 0 Å². The van der Waals surface area contributed by atoms with E-state index in [1.165, 1.54) is 5.69 Å². The Morgan fingerprint density at radius 1 is 1.17 bits per heavy atom. The van der Waals surface area contributed by atoms with Crippen molar-refractivity contribution in [3.8, 4) is 5.75 Å². The van der Waals surface area contributed by atoms with E-state index in [0.717, 1.165) is 41.7 Å². The molecule has 0 radical (unpaired) electrons. The number of hydrogen-bond donors (Lipinski definition) is 2. The molecule has 6 heteroatoms. The van der Waals surface area contributed by atoms with Gasteiger partial charge in [-0.2, -0.15) is 0 Å². The maximum atomic E-state index is 10.5. The van der Waals surface area contributed by atoms with E-state index in [2.05, 4.69) is 53.2 Å². The maximum absolute atomic E-state index is 10.5. The Hall–Kier alpha value is -2.21. The average molecular weight is 428 g/mol. The zero-order valence-electron chi connectivity index (χ0n) is 17.6. The van der Waals surface area contributed by atoms with Crippen molar-refractivity contribution in [3.63, 3.8) is 0 Å². The van der Waals surface area contributed by atoms with Crippen LogP contribution >= 0.6 is 11.6 Å². The number of nitrogens with zero attached hydrogens (tertiary/aromatic N) is 2. The minimum absolute atomic E-state index is 0.288. The molecule has 0 spiro atoms. The van der Waals surface area contributed by atoms with E-state index >= 15 is 0 Å². The Kier molecular flexibility index (Phi) is 6.52. The number of rotatable bonds is 6. The highest BCUT2D eigenvalue weighted by Crippen LogP contribution is 2.27. The normalized spacial score (nSPS) is 22.3. The highest BCUT2D eigenvalue weighted by molar-refractivity contribution is 6.30. The van der Waals surface area contributed by atoms with Crippen molar-refractivity contribution in [2.45, 2.75) is 32.0 Å². The molecule has 0 amide bonds. The van der Waals surface area contributed by atoms with Gasteiger partial charge in [-0.1, -0.05) is 23.8 Å². The fourth-order valence-corrected chi connectivity index (χ4v) is 4.24. The average Bonchev–Trinajstić information content (AvgIpc) is 2.74. The molecule has 1 fully saturated rings. The van der Waals surface area contributed by atoms with Gasteiger partial charge in [-0.15, -0.1) is 0 Å². The quantitative estimate of drug-likeness (QED) is 0.726. The highest BCUT2D eigenvalue weighted by atomic mass is 35.5. The molecule has 160 valence electrons. The van der Waals surface area contributed by atoms with Crippen LogP contribution in [-0.2, 0) is 0 Å². The molecule has 2 N–H and O–H groups in total. The third-order valence-corrected chi connectivity index (χ3v) is 6.07. The van der Waals surface area contributed by atoms with Gasteiger partial charge >= 0.3 is 0 Å². The van der Waals surface area contributed by atoms with Gasteiger partial charge in [0.15, 0.2) is 0 Å². The number of hydrogen-bond acceptors (Lipinski definition) is 5. The van der Waals surface area contributed by atoms with Crippen molar-refractivity contribution in [3.05, 3.63) is 59.1 Å². The SMILES string of the molecule is CC1C=Cc2cc(OC[C@@H](O)CN3CCN(c4ccc(Cl)cc4)C[C@@H]3C)ccc2N1. The summed E-state index contributed by atoms with van der Waals surface area (Å²) in [5.41, 5.74) is 3.43. The fraction of sp³-hybridized carbons (Fsp3) is 0.417. The Labute approximate surface area is 183 Å². The smallest absolute Gasteiger partial charge is 0.120 e. The number of fused-ring (bicyclic) bond motifs is 1. The number of aliphatic hydroxyl groups is 1. The highest BCUT2D eigenvalue weighted by Gasteiger charge is 2.25. The van der Waals surface area contributed by atoms with Crippen molar-refractivity contribution in [2.75, 3.05) is 43.0 Å². The van der Waals surface area contributed by atoms with Gasteiger partial charge in [0.25, 0.3) is 0 Å². The molecule has 2 aromatic rings. The number of β-amino-alcohol motifs (C(OH)–C–C–N with tert-alkyl or cyclic N) is 1. The molecule has 2 aromatic carbocycles. The maximum Gasteiger partial charge on any atom is 0.120 e.